The zero-order valence-corrected chi connectivity index (χ0v) is 17.3. The number of aliphatic hydroxyl groups excluding tert-OH is 2. The maximum Gasteiger partial charge on any atom is 0.490 e. The van der Waals surface area contributed by atoms with Gasteiger partial charge in [0.05, 0.1) is 19.3 Å². The number of carboxylic acids is 1. The van der Waals surface area contributed by atoms with Crippen LogP contribution in [0, 0.1) is 0 Å². The van der Waals surface area contributed by atoms with Gasteiger partial charge in [-0.25, -0.2) is 19.7 Å². The molecule has 0 amide bonds. The number of Topliss-reactive ketones (excluding diaryl/α,β-unsaturated/α-hetero) is 1. The van der Waals surface area contributed by atoms with E-state index < -0.39 is 42.7 Å². The summed E-state index contributed by atoms with van der Waals surface area (Å²) in [4.78, 5) is 43.7. The summed E-state index contributed by atoms with van der Waals surface area (Å²) in [5.74, 6) is -3.47. The number of fused-ring (bicyclic) bond motifs is 1. The molecule has 1 fully saturated rings. The zero-order valence-electron chi connectivity index (χ0n) is 17.3. The number of rotatable bonds is 7. The number of nitrogens with zero attached hydrogens (tertiary/aromatic N) is 4. The number of halogens is 3. The Morgan fingerprint density at radius 1 is 1.15 bits per heavy atom. The van der Waals surface area contributed by atoms with Crippen molar-refractivity contribution in [3.05, 3.63) is 12.7 Å². The molecule has 34 heavy (non-hydrogen) atoms. The predicted octanol–water partition coefficient (Wildman–Crippen LogP) is -1.49. The molecule has 2 aromatic rings. The van der Waals surface area contributed by atoms with Crippen molar-refractivity contribution in [3.8, 4) is 0 Å². The van der Waals surface area contributed by atoms with E-state index >= 15 is 0 Å². The van der Waals surface area contributed by atoms with Crippen molar-refractivity contribution in [2.24, 2.45) is 5.73 Å². The van der Waals surface area contributed by atoms with Crippen LogP contribution in [0.5, 0.6) is 0 Å². The van der Waals surface area contributed by atoms with Crippen LogP contribution < -0.4 is 11.5 Å². The summed E-state index contributed by atoms with van der Waals surface area (Å²) in [6.07, 6.45) is -7.17. The largest absolute Gasteiger partial charge is 0.490 e. The topological polar surface area (TPSA) is 226 Å². The summed E-state index contributed by atoms with van der Waals surface area (Å²) >= 11 is 0. The SMILES string of the molecule is NCC(=O)CCC(=O)OC[C@H]1O[C@@H](n2cnc3c(N)ncnc32)[C@H](O)[C@@H]1O.O=C(O)C(F)(F)F. The van der Waals surface area contributed by atoms with Crippen LogP contribution in [0.4, 0.5) is 19.0 Å². The summed E-state index contributed by atoms with van der Waals surface area (Å²) in [7, 11) is 0. The van der Waals surface area contributed by atoms with Crippen LogP contribution in [0.1, 0.15) is 19.1 Å². The minimum absolute atomic E-state index is 0.0170. The molecule has 14 nitrogen and oxygen atoms in total. The van der Waals surface area contributed by atoms with E-state index in [0.717, 1.165) is 0 Å². The van der Waals surface area contributed by atoms with E-state index in [0.29, 0.717) is 11.2 Å². The molecule has 7 N–H and O–H groups in total. The van der Waals surface area contributed by atoms with Gasteiger partial charge in [-0.2, -0.15) is 13.2 Å². The number of hydrogen-bond acceptors (Lipinski definition) is 12. The van der Waals surface area contributed by atoms with Crippen LogP contribution in [0.25, 0.3) is 11.2 Å². The number of carboxylic acid groups (broad SMARTS) is 1. The fourth-order valence-electron chi connectivity index (χ4n) is 2.74. The molecule has 1 aliphatic rings. The van der Waals surface area contributed by atoms with E-state index in [9.17, 15) is 33.0 Å². The number of nitrogens with two attached hydrogens (primary N) is 2. The van der Waals surface area contributed by atoms with Gasteiger partial charge in [-0.15, -0.1) is 0 Å². The molecule has 0 saturated carbocycles. The highest BCUT2D eigenvalue weighted by molar-refractivity contribution is 5.84. The number of carbonyl (C=O) groups excluding carboxylic acids is 2. The molecule has 1 saturated heterocycles. The molecule has 4 atom stereocenters. The Morgan fingerprint density at radius 3 is 2.38 bits per heavy atom. The second-order valence-corrected chi connectivity index (χ2v) is 6.86. The first-order chi connectivity index (χ1) is 15.9. The number of hydrogen-bond donors (Lipinski definition) is 5. The Kier molecular flexibility index (Phi) is 8.80. The maximum atomic E-state index is 11.7. The van der Waals surface area contributed by atoms with Gasteiger partial charge in [0, 0.05) is 6.42 Å². The average Bonchev–Trinajstić information content (AvgIpc) is 3.32. The first-order valence-electron chi connectivity index (χ1n) is 9.48. The Morgan fingerprint density at radius 2 is 1.79 bits per heavy atom. The highest BCUT2D eigenvalue weighted by atomic mass is 19.4. The first-order valence-corrected chi connectivity index (χ1v) is 9.48. The standard InChI is InChI=1S/C15H20N6O6.C2HF3O2/c16-3-7(22)1-2-9(23)26-4-8-11(24)12(25)15(27-8)21-6-20-10-13(17)18-5-19-14(10)21;3-2(4,5)1(6)7/h5-6,8,11-12,15,24-25H,1-4,16H2,(H2,17,18,19);(H,6,7)/t8-,11-,12-,15-;/m1./s1. The predicted molar refractivity (Wildman–Crippen MR) is 104 cm³/mol. The number of nitrogen functional groups attached to an aromatic ring is 1. The van der Waals surface area contributed by atoms with Crippen molar-refractivity contribution >= 4 is 34.7 Å². The number of aromatic nitrogens is 4. The van der Waals surface area contributed by atoms with Crippen LogP contribution in [0.15, 0.2) is 12.7 Å². The van der Waals surface area contributed by atoms with E-state index in [1.54, 1.807) is 0 Å². The van der Waals surface area contributed by atoms with Crippen molar-refractivity contribution in [2.45, 2.75) is 43.6 Å². The molecule has 0 aliphatic carbocycles. The molecular formula is C17H21F3N6O8. The average molecular weight is 494 g/mol. The summed E-state index contributed by atoms with van der Waals surface area (Å²) in [6.45, 7) is -0.424. The molecular weight excluding hydrogens is 473 g/mol. The smallest absolute Gasteiger partial charge is 0.475 e. The lowest BCUT2D eigenvalue weighted by atomic mass is 10.1. The van der Waals surface area contributed by atoms with Gasteiger partial charge < -0.3 is 36.3 Å². The van der Waals surface area contributed by atoms with E-state index in [-0.39, 0.29) is 37.6 Å². The molecule has 3 heterocycles. The molecule has 0 unspecified atom stereocenters. The third-order valence-corrected chi connectivity index (χ3v) is 4.49. The Hall–Kier alpha value is -3.41. The molecule has 0 radical (unpaired) electrons. The van der Waals surface area contributed by atoms with Crippen molar-refractivity contribution in [3.63, 3.8) is 0 Å². The Bertz CT molecular complexity index is 1030. The number of carbonyl (C=O) groups is 3. The van der Waals surface area contributed by atoms with Crippen molar-refractivity contribution < 1.29 is 52.3 Å². The van der Waals surface area contributed by atoms with E-state index in [4.69, 9.17) is 30.8 Å². The van der Waals surface area contributed by atoms with Gasteiger partial charge in [0.25, 0.3) is 0 Å². The third kappa shape index (κ3) is 6.56. The molecule has 0 bridgehead atoms. The molecule has 0 spiro atoms. The lowest BCUT2D eigenvalue weighted by Crippen LogP contribution is -2.34. The van der Waals surface area contributed by atoms with Gasteiger partial charge in [0.15, 0.2) is 17.7 Å². The van der Waals surface area contributed by atoms with E-state index in [1.807, 2.05) is 0 Å². The number of alkyl halides is 3. The lowest BCUT2D eigenvalue weighted by molar-refractivity contribution is -0.192. The van der Waals surface area contributed by atoms with Gasteiger partial charge in [0.1, 0.15) is 42.5 Å². The summed E-state index contributed by atoms with van der Waals surface area (Å²) < 4.78 is 43.8. The third-order valence-electron chi connectivity index (χ3n) is 4.49. The highest BCUT2D eigenvalue weighted by Crippen LogP contribution is 2.32. The van der Waals surface area contributed by atoms with Gasteiger partial charge in [-0.05, 0) is 0 Å². The number of esters is 1. The van der Waals surface area contributed by atoms with E-state index in [1.165, 1.54) is 17.2 Å². The number of anilines is 1. The van der Waals surface area contributed by atoms with Gasteiger partial charge in [-0.1, -0.05) is 0 Å². The van der Waals surface area contributed by atoms with Crippen LogP contribution in [0.3, 0.4) is 0 Å². The molecule has 3 rings (SSSR count). The fraction of sp³-hybridized carbons (Fsp3) is 0.529. The minimum atomic E-state index is -5.08. The number of ether oxygens (including phenoxy) is 2. The Balaban J connectivity index is 0.000000509. The van der Waals surface area contributed by atoms with E-state index in [2.05, 4.69) is 15.0 Å². The number of aliphatic carboxylic acids is 1. The lowest BCUT2D eigenvalue weighted by Gasteiger charge is -2.16. The molecule has 188 valence electrons. The second-order valence-electron chi connectivity index (χ2n) is 6.86. The van der Waals surface area contributed by atoms with Gasteiger partial charge in [-0.3, -0.25) is 14.2 Å². The molecule has 1 aliphatic heterocycles. The molecule has 2 aromatic heterocycles. The van der Waals surface area contributed by atoms with Gasteiger partial charge in [0.2, 0.25) is 0 Å². The van der Waals surface area contributed by atoms with Gasteiger partial charge >= 0.3 is 18.1 Å². The molecule has 0 aromatic carbocycles. The van der Waals surface area contributed by atoms with Crippen molar-refractivity contribution in [1.82, 2.24) is 19.5 Å². The zero-order chi connectivity index (χ0) is 25.6. The first kappa shape index (κ1) is 26.8. The van der Waals surface area contributed by atoms with Crippen molar-refractivity contribution in [1.29, 1.82) is 0 Å². The summed E-state index contributed by atoms with van der Waals surface area (Å²) in [5, 5.41) is 27.6. The van der Waals surface area contributed by atoms with Crippen LogP contribution in [0.2, 0.25) is 0 Å². The monoisotopic (exact) mass is 494 g/mol. The van der Waals surface area contributed by atoms with Crippen LogP contribution in [-0.4, -0.2) is 90.2 Å². The summed E-state index contributed by atoms with van der Waals surface area (Å²) in [6, 6.07) is 0. The fourth-order valence-corrected chi connectivity index (χ4v) is 2.74. The number of ketones is 1. The second kappa shape index (κ2) is 11.1. The quantitative estimate of drug-likeness (QED) is 0.277. The molecule has 17 heteroatoms. The highest BCUT2D eigenvalue weighted by Gasteiger charge is 2.45. The van der Waals surface area contributed by atoms with Crippen LogP contribution in [-0.2, 0) is 23.9 Å². The van der Waals surface area contributed by atoms with Crippen LogP contribution >= 0.6 is 0 Å². The normalized spacial score (nSPS) is 22.2. The number of aliphatic hydroxyl groups is 2. The summed E-state index contributed by atoms with van der Waals surface area (Å²) in [5.41, 5.74) is 11.6. The number of imidazole rings is 1. The van der Waals surface area contributed by atoms with Crippen molar-refractivity contribution in [2.75, 3.05) is 18.9 Å². The maximum absolute atomic E-state index is 11.7. The Labute approximate surface area is 188 Å². The minimum Gasteiger partial charge on any atom is -0.475 e.